The van der Waals surface area contributed by atoms with Crippen LogP contribution in [0.25, 0.3) is 0 Å². The van der Waals surface area contributed by atoms with Crippen molar-refractivity contribution in [2.24, 2.45) is 0 Å². The lowest BCUT2D eigenvalue weighted by Crippen LogP contribution is -2.12. The number of benzene rings is 1. The lowest BCUT2D eigenvalue weighted by Gasteiger charge is -1.97. The van der Waals surface area contributed by atoms with Gasteiger partial charge in [0, 0.05) is 5.56 Å². The van der Waals surface area contributed by atoms with Gasteiger partial charge in [0.05, 0.1) is 5.69 Å². The van der Waals surface area contributed by atoms with E-state index < -0.39 is 0 Å². The topological polar surface area (TPSA) is 53.0 Å². The van der Waals surface area contributed by atoms with Gasteiger partial charge in [0.2, 0.25) is 0 Å². The molecule has 0 aromatic heterocycles. The molecule has 1 heterocycles. The van der Waals surface area contributed by atoms with Crippen LogP contribution in [0.3, 0.4) is 0 Å². The van der Waals surface area contributed by atoms with Gasteiger partial charge in [-0.3, -0.25) is 10.2 Å². The zero-order valence-electron chi connectivity index (χ0n) is 6.64. The van der Waals surface area contributed by atoms with E-state index >= 15 is 0 Å². The van der Waals surface area contributed by atoms with E-state index in [-0.39, 0.29) is 11.6 Å². The minimum Gasteiger partial charge on any atom is -0.320 e. The fourth-order valence-electron chi connectivity index (χ4n) is 1.28. The van der Waals surface area contributed by atoms with Crippen molar-refractivity contribution in [2.45, 2.75) is 0 Å². The first kappa shape index (κ1) is 7.09. The number of anilines is 1. The quantitative estimate of drug-likeness (QED) is 0.480. The predicted molar refractivity (Wildman–Crippen MR) is 50.1 cm³/mol. The molecule has 4 heteroatoms. The largest absolute Gasteiger partial charge is 0.320 e. The fraction of sp³-hybridized carbons (Fsp3) is 0. The molecule has 3 nitrogen and oxygen atoms in total. The number of carbonyl (C=O) groups is 1. The third kappa shape index (κ3) is 0.846. The van der Waals surface area contributed by atoms with Crippen molar-refractivity contribution < 1.29 is 4.79 Å². The molecular formula is C8H7BN2O. The minimum atomic E-state index is -0.310. The second kappa shape index (κ2) is 2.20. The highest BCUT2D eigenvalue weighted by Gasteiger charge is 2.23. The summed E-state index contributed by atoms with van der Waals surface area (Å²) in [6, 6.07) is 5.58. The average Bonchev–Trinajstić information content (AvgIpc) is 2.31. The van der Waals surface area contributed by atoms with Gasteiger partial charge in [-0.05, 0) is 6.07 Å². The first-order valence-corrected chi connectivity index (χ1v) is 3.69. The van der Waals surface area contributed by atoms with Crippen molar-refractivity contribution >= 4 is 30.6 Å². The Morgan fingerprint density at radius 1 is 1.42 bits per heavy atom. The molecule has 58 valence electrons. The summed E-state index contributed by atoms with van der Waals surface area (Å²) in [6.45, 7) is 0. The SMILES string of the molecule is Bc1ccc2c(c1)C(=N)C(=O)N2. The van der Waals surface area contributed by atoms with Crippen LogP contribution in [-0.4, -0.2) is 19.5 Å². The summed E-state index contributed by atoms with van der Waals surface area (Å²) in [5.41, 5.74) is 2.58. The van der Waals surface area contributed by atoms with Gasteiger partial charge in [0.25, 0.3) is 5.91 Å². The third-order valence-electron chi connectivity index (χ3n) is 1.92. The van der Waals surface area contributed by atoms with Crippen molar-refractivity contribution in [1.29, 1.82) is 5.41 Å². The smallest absolute Gasteiger partial charge is 0.274 e. The molecule has 1 aliphatic rings. The van der Waals surface area contributed by atoms with E-state index in [4.69, 9.17) is 5.41 Å². The summed E-state index contributed by atoms with van der Waals surface area (Å²) in [5.74, 6) is -0.310. The van der Waals surface area contributed by atoms with E-state index in [2.05, 4.69) is 5.32 Å². The summed E-state index contributed by atoms with van der Waals surface area (Å²) < 4.78 is 0. The van der Waals surface area contributed by atoms with Gasteiger partial charge in [-0.15, -0.1) is 0 Å². The maximum absolute atomic E-state index is 11.0. The van der Waals surface area contributed by atoms with Gasteiger partial charge in [-0.25, -0.2) is 0 Å². The molecule has 1 aromatic rings. The van der Waals surface area contributed by atoms with Crippen LogP contribution >= 0.6 is 0 Å². The first-order valence-electron chi connectivity index (χ1n) is 3.69. The maximum Gasteiger partial charge on any atom is 0.274 e. The van der Waals surface area contributed by atoms with Crippen LogP contribution in [0.1, 0.15) is 5.56 Å². The van der Waals surface area contributed by atoms with Crippen molar-refractivity contribution in [3.8, 4) is 0 Å². The van der Waals surface area contributed by atoms with Crippen LogP contribution in [0.4, 0.5) is 5.69 Å². The fourth-order valence-corrected chi connectivity index (χ4v) is 1.28. The van der Waals surface area contributed by atoms with Crippen LogP contribution in [0, 0.1) is 5.41 Å². The molecule has 0 saturated heterocycles. The molecule has 0 saturated carbocycles. The van der Waals surface area contributed by atoms with Gasteiger partial charge in [-0.2, -0.15) is 0 Å². The number of carbonyl (C=O) groups excluding carboxylic acids is 1. The molecule has 1 aliphatic heterocycles. The Balaban J connectivity index is 2.63. The molecule has 2 rings (SSSR count). The van der Waals surface area contributed by atoms with Gasteiger partial charge in [0.1, 0.15) is 13.6 Å². The van der Waals surface area contributed by atoms with E-state index in [9.17, 15) is 4.79 Å². The summed E-state index contributed by atoms with van der Waals surface area (Å²) in [4.78, 5) is 11.0. The van der Waals surface area contributed by atoms with Crippen LogP contribution < -0.4 is 10.8 Å². The zero-order valence-corrected chi connectivity index (χ0v) is 6.64. The number of rotatable bonds is 0. The van der Waals surface area contributed by atoms with E-state index in [0.29, 0.717) is 5.56 Å². The minimum absolute atomic E-state index is 0.0636. The Labute approximate surface area is 70.7 Å². The van der Waals surface area contributed by atoms with E-state index in [1.165, 1.54) is 0 Å². The van der Waals surface area contributed by atoms with Crippen molar-refractivity contribution in [3.05, 3.63) is 23.8 Å². The molecule has 1 aromatic carbocycles. The molecular weight excluding hydrogens is 151 g/mol. The van der Waals surface area contributed by atoms with Crippen molar-refractivity contribution in [2.75, 3.05) is 5.32 Å². The van der Waals surface area contributed by atoms with Gasteiger partial charge in [0.15, 0.2) is 0 Å². The Bertz CT molecular complexity index is 387. The molecule has 0 fully saturated rings. The lowest BCUT2D eigenvalue weighted by molar-refractivity contribution is -0.110. The zero-order chi connectivity index (χ0) is 8.72. The lowest BCUT2D eigenvalue weighted by atomic mass is 9.93. The Morgan fingerprint density at radius 3 is 2.92 bits per heavy atom. The predicted octanol–water partition coefficient (Wildman–Crippen LogP) is -0.735. The summed E-state index contributed by atoms with van der Waals surface area (Å²) in [7, 11) is 1.94. The van der Waals surface area contributed by atoms with Gasteiger partial charge < -0.3 is 5.32 Å². The first-order chi connectivity index (χ1) is 5.68. The number of amides is 1. The maximum atomic E-state index is 11.0. The summed E-state index contributed by atoms with van der Waals surface area (Å²) in [6.07, 6.45) is 0. The Kier molecular flexibility index (Phi) is 1.30. The highest BCUT2D eigenvalue weighted by molar-refractivity contribution is 6.53. The van der Waals surface area contributed by atoms with Crippen LogP contribution in [0.5, 0.6) is 0 Å². The number of fused-ring (bicyclic) bond motifs is 1. The van der Waals surface area contributed by atoms with Crippen LogP contribution in [-0.2, 0) is 4.79 Å². The average molecular weight is 158 g/mol. The molecule has 2 N–H and O–H groups in total. The Morgan fingerprint density at radius 2 is 2.17 bits per heavy atom. The second-order valence-electron chi connectivity index (χ2n) is 2.88. The molecule has 0 aliphatic carbocycles. The molecule has 12 heavy (non-hydrogen) atoms. The van der Waals surface area contributed by atoms with Crippen LogP contribution in [0.2, 0.25) is 0 Å². The molecule has 0 spiro atoms. The van der Waals surface area contributed by atoms with E-state index in [0.717, 1.165) is 11.2 Å². The Hall–Kier alpha value is -1.58. The van der Waals surface area contributed by atoms with Crippen molar-refractivity contribution in [1.82, 2.24) is 0 Å². The highest BCUT2D eigenvalue weighted by atomic mass is 16.2. The molecule has 0 bridgehead atoms. The molecule has 0 unspecified atom stereocenters. The van der Waals surface area contributed by atoms with Gasteiger partial charge >= 0.3 is 0 Å². The number of hydrogen-bond acceptors (Lipinski definition) is 2. The standard InChI is InChI=1S/C8H7BN2O/c9-4-1-2-6-5(3-4)7(10)8(12)11-6/h1-3H,9H2,(H2,10,11,12). The number of nitrogens with one attached hydrogen (secondary N) is 2. The summed E-state index contributed by atoms with van der Waals surface area (Å²) in [5, 5.41) is 10.0. The van der Waals surface area contributed by atoms with Gasteiger partial charge in [-0.1, -0.05) is 17.6 Å². The van der Waals surface area contributed by atoms with Crippen LogP contribution in [0.15, 0.2) is 18.2 Å². The van der Waals surface area contributed by atoms with E-state index in [1.807, 2.05) is 26.0 Å². The highest BCUT2D eigenvalue weighted by Crippen LogP contribution is 2.20. The number of hydrogen-bond donors (Lipinski definition) is 2. The monoisotopic (exact) mass is 158 g/mol. The van der Waals surface area contributed by atoms with Crippen molar-refractivity contribution in [3.63, 3.8) is 0 Å². The normalized spacial score (nSPS) is 14.3. The third-order valence-corrected chi connectivity index (χ3v) is 1.92. The molecule has 0 atom stereocenters. The molecule has 1 amide bonds. The summed E-state index contributed by atoms with van der Waals surface area (Å²) >= 11 is 0. The second-order valence-corrected chi connectivity index (χ2v) is 2.88. The molecule has 0 radical (unpaired) electrons. The van der Waals surface area contributed by atoms with E-state index in [1.54, 1.807) is 0 Å².